The third kappa shape index (κ3) is 3.69. The standard InChI is InChI=1S/C27H32N6O/c1-6-27(4,5)33-25(29-30-31-33)24(32-13-9-11-19-10-7-8-12-23(19)32)21-16-20-14-17(2)18(3)15-22(20)28-26(21)34/h7-8,10,12,14-16,24H,6,9,11,13H2,1-5H3,(H,28,34). The molecule has 0 aliphatic carbocycles. The van der Waals surface area contributed by atoms with Crippen molar-refractivity contribution in [2.45, 2.75) is 65.5 Å². The van der Waals surface area contributed by atoms with E-state index in [1.807, 2.05) is 16.8 Å². The van der Waals surface area contributed by atoms with Crippen molar-refractivity contribution in [3.8, 4) is 0 Å². The second kappa shape index (κ2) is 8.38. The number of aromatic nitrogens is 5. The number of tetrazole rings is 1. The van der Waals surface area contributed by atoms with Crippen molar-refractivity contribution in [3.05, 3.63) is 80.9 Å². The van der Waals surface area contributed by atoms with Crippen molar-refractivity contribution in [2.75, 3.05) is 11.4 Å². The van der Waals surface area contributed by atoms with Crippen LogP contribution in [0.1, 0.15) is 67.7 Å². The number of hydrogen-bond donors (Lipinski definition) is 1. The molecule has 0 fully saturated rings. The molecular weight excluding hydrogens is 424 g/mol. The molecule has 0 saturated carbocycles. The molecule has 3 heterocycles. The average Bonchev–Trinajstić information content (AvgIpc) is 3.31. The Morgan fingerprint density at radius 2 is 1.88 bits per heavy atom. The van der Waals surface area contributed by atoms with Gasteiger partial charge in [0.25, 0.3) is 5.56 Å². The molecule has 1 aliphatic rings. The fourth-order valence-corrected chi connectivity index (χ4v) is 4.92. The first-order valence-electron chi connectivity index (χ1n) is 12.1. The lowest BCUT2D eigenvalue weighted by Crippen LogP contribution is -2.40. The Bertz CT molecular complexity index is 1420. The lowest BCUT2D eigenvalue weighted by Gasteiger charge is -2.38. The topological polar surface area (TPSA) is 79.7 Å². The van der Waals surface area contributed by atoms with Crippen LogP contribution in [0.2, 0.25) is 0 Å². The number of pyridine rings is 1. The van der Waals surface area contributed by atoms with Gasteiger partial charge >= 0.3 is 0 Å². The number of fused-ring (bicyclic) bond motifs is 2. The van der Waals surface area contributed by atoms with Gasteiger partial charge in [-0.3, -0.25) is 4.79 Å². The van der Waals surface area contributed by atoms with Crippen LogP contribution in [0.3, 0.4) is 0 Å². The summed E-state index contributed by atoms with van der Waals surface area (Å²) in [6.07, 6.45) is 2.90. The largest absolute Gasteiger partial charge is 0.357 e. The first-order valence-corrected chi connectivity index (χ1v) is 12.1. The van der Waals surface area contributed by atoms with Crippen molar-refractivity contribution >= 4 is 16.6 Å². The van der Waals surface area contributed by atoms with Crippen LogP contribution in [0.4, 0.5) is 5.69 Å². The van der Waals surface area contributed by atoms with Crippen LogP contribution in [0.25, 0.3) is 10.9 Å². The van der Waals surface area contributed by atoms with Gasteiger partial charge in [0.1, 0.15) is 6.04 Å². The highest BCUT2D eigenvalue weighted by atomic mass is 16.1. The fraction of sp³-hybridized carbons (Fsp3) is 0.407. The maximum absolute atomic E-state index is 13.6. The smallest absolute Gasteiger partial charge is 0.254 e. The molecule has 176 valence electrons. The van der Waals surface area contributed by atoms with Crippen LogP contribution in [0, 0.1) is 13.8 Å². The summed E-state index contributed by atoms with van der Waals surface area (Å²) in [6, 6.07) is 14.3. The minimum atomic E-state index is -0.406. The average molecular weight is 457 g/mol. The SMILES string of the molecule is CCC(C)(C)n1nnnc1C(c1cc2cc(C)c(C)cc2[nH]c1=O)N1CCCc2ccccc21. The minimum absolute atomic E-state index is 0.104. The van der Waals surface area contributed by atoms with Crippen molar-refractivity contribution in [1.29, 1.82) is 0 Å². The summed E-state index contributed by atoms with van der Waals surface area (Å²) in [5.74, 6) is 0.692. The number of nitrogens with one attached hydrogen (secondary N) is 1. The van der Waals surface area contributed by atoms with Gasteiger partial charge < -0.3 is 9.88 Å². The van der Waals surface area contributed by atoms with Crippen molar-refractivity contribution in [1.82, 2.24) is 25.2 Å². The van der Waals surface area contributed by atoms with Gasteiger partial charge in [0.15, 0.2) is 5.82 Å². The van der Waals surface area contributed by atoms with Gasteiger partial charge in [0.05, 0.1) is 5.54 Å². The molecule has 0 saturated heterocycles. The third-order valence-electron chi connectivity index (χ3n) is 7.42. The predicted molar refractivity (Wildman–Crippen MR) is 135 cm³/mol. The zero-order valence-corrected chi connectivity index (χ0v) is 20.6. The van der Waals surface area contributed by atoms with Crippen molar-refractivity contribution in [3.63, 3.8) is 0 Å². The Morgan fingerprint density at radius 1 is 1.12 bits per heavy atom. The van der Waals surface area contributed by atoms with Gasteiger partial charge in [-0.25, -0.2) is 4.68 Å². The summed E-state index contributed by atoms with van der Waals surface area (Å²) >= 11 is 0. The molecule has 1 aliphatic heterocycles. The Morgan fingerprint density at radius 3 is 2.68 bits per heavy atom. The molecule has 1 atom stereocenters. The van der Waals surface area contributed by atoms with Gasteiger partial charge in [-0.2, -0.15) is 0 Å². The summed E-state index contributed by atoms with van der Waals surface area (Å²) < 4.78 is 1.90. The molecule has 0 amide bonds. The number of nitrogens with zero attached hydrogens (tertiary/aromatic N) is 5. The maximum Gasteiger partial charge on any atom is 0.254 e. The predicted octanol–water partition coefficient (Wildman–Crippen LogP) is 4.82. The molecule has 34 heavy (non-hydrogen) atoms. The van der Waals surface area contributed by atoms with Gasteiger partial charge in [-0.05, 0) is 104 Å². The van der Waals surface area contributed by atoms with Crippen molar-refractivity contribution in [2.24, 2.45) is 0 Å². The number of para-hydroxylation sites is 1. The Kier molecular flexibility index (Phi) is 5.50. The second-order valence-corrected chi connectivity index (χ2v) is 10.0. The summed E-state index contributed by atoms with van der Waals surface area (Å²) in [7, 11) is 0. The quantitative estimate of drug-likeness (QED) is 0.466. The molecule has 0 bridgehead atoms. The van der Waals surface area contributed by atoms with Gasteiger partial charge in [-0.1, -0.05) is 25.1 Å². The van der Waals surface area contributed by atoms with E-state index in [4.69, 9.17) is 0 Å². The molecule has 2 aromatic carbocycles. The highest BCUT2D eigenvalue weighted by molar-refractivity contribution is 5.81. The number of H-pyrrole nitrogens is 1. The van der Waals surface area contributed by atoms with Crippen molar-refractivity contribution < 1.29 is 0 Å². The monoisotopic (exact) mass is 456 g/mol. The number of rotatable bonds is 5. The van der Waals surface area contributed by atoms with Crippen LogP contribution < -0.4 is 10.5 Å². The summed E-state index contributed by atoms with van der Waals surface area (Å²) in [6.45, 7) is 11.4. The van der Waals surface area contributed by atoms with E-state index in [1.54, 1.807) is 0 Å². The molecule has 0 spiro atoms. The molecule has 1 N–H and O–H groups in total. The molecule has 7 nitrogen and oxygen atoms in total. The van der Waals surface area contributed by atoms with Crippen LogP contribution in [-0.2, 0) is 12.0 Å². The number of hydrogen-bond acceptors (Lipinski definition) is 5. The number of aromatic amines is 1. The number of benzene rings is 2. The number of anilines is 1. The summed E-state index contributed by atoms with van der Waals surface area (Å²) in [4.78, 5) is 19.0. The molecule has 1 unspecified atom stereocenters. The third-order valence-corrected chi connectivity index (χ3v) is 7.42. The van der Waals surface area contributed by atoms with E-state index in [0.29, 0.717) is 11.4 Å². The maximum atomic E-state index is 13.6. The molecule has 5 rings (SSSR count). The first kappa shape index (κ1) is 22.3. The lowest BCUT2D eigenvalue weighted by molar-refractivity contribution is 0.287. The second-order valence-electron chi connectivity index (χ2n) is 10.0. The lowest BCUT2D eigenvalue weighted by atomic mass is 9.95. The fourth-order valence-electron chi connectivity index (χ4n) is 4.92. The molecular formula is C27H32N6O. The van der Waals surface area contributed by atoms with Crippen LogP contribution in [0.5, 0.6) is 0 Å². The van der Waals surface area contributed by atoms with Gasteiger partial charge in [0.2, 0.25) is 0 Å². The van der Waals surface area contributed by atoms with Crippen LogP contribution in [0.15, 0.2) is 47.3 Å². The van der Waals surface area contributed by atoms with Crippen LogP contribution in [-0.4, -0.2) is 31.7 Å². The van der Waals surface area contributed by atoms with E-state index in [-0.39, 0.29) is 11.1 Å². The molecule has 0 radical (unpaired) electrons. The summed E-state index contributed by atoms with van der Waals surface area (Å²) in [5, 5.41) is 14.0. The van der Waals surface area contributed by atoms with E-state index in [2.05, 4.69) is 90.4 Å². The Hall–Kier alpha value is -3.48. The molecule has 2 aromatic heterocycles. The van der Waals surface area contributed by atoms with E-state index in [9.17, 15) is 4.79 Å². The van der Waals surface area contributed by atoms with Crippen LogP contribution >= 0.6 is 0 Å². The van der Waals surface area contributed by atoms with Gasteiger partial charge in [-0.15, -0.1) is 5.10 Å². The highest BCUT2D eigenvalue weighted by Crippen LogP contribution is 2.38. The highest BCUT2D eigenvalue weighted by Gasteiger charge is 2.36. The van der Waals surface area contributed by atoms with E-state index in [0.717, 1.165) is 48.0 Å². The summed E-state index contributed by atoms with van der Waals surface area (Å²) in [5.41, 5.74) is 5.90. The van der Waals surface area contributed by atoms with E-state index >= 15 is 0 Å². The van der Waals surface area contributed by atoms with E-state index in [1.165, 1.54) is 11.1 Å². The van der Waals surface area contributed by atoms with E-state index < -0.39 is 6.04 Å². The normalized spacial score (nSPS) is 14.9. The number of aryl methyl sites for hydroxylation is 3. The zero-order chi connectivity index (χ0) is 24.0. The molecule has 4 aromatic rings. The zero-order valence-electron chi connectivity index (χ0n) is 20.6. The minimum Gasteiger partial charge on any atom is -0.357 e. The first-order chi connectivity index (χ1) is 16.3. The Labute approximate surface area is 199 Å². The molecule has 7 heteroatoms. The van der Waals surface area contributed by atoms with Gasteiger partial charge in [0, 0.05) is 23.3 Å². The Balaban J connectivity index is 1.78.